The standard InChI is InChI=1S/C31H55N/c1-3-5-7-8-10-12-26-13-15-28(16-14-26)29-17-19-30(20-18-29)31(25-32)23-21-27(22-24-31)11-9-6-4-2/h26-30H,3-24H2,1-2H3/t26-,27-,28-,29-,30-,31+. The van der Waals surface area contributed by atoms with E-state index in [0.717, 1.165) is 23.7 Å². The van der Waals surface area contributed by atoms with Crippen LogP contribution in [0.1, 0.15) is 155 Å². The highest BCUT2D eigenvalue weighted by Crippen LogP contribution is 2.52. The summed E-state index contributed by atoms with van der Waals surface area (Å²) in [6.45, 7) is 4.62. The van der Waals surface area contributed by atoms with Gasteiger partial charge in [0.05, 0.1) is 11.5 Å². The average molecular weight is 442 g/mol. The van der Waals surface area contributed by atoms with Crippen molar-refractivity contribution < 1.29 is 0 Å². The van der Waals surface area contributed by atoms with E-state index in [4.69, 9.17) is 0 Å². The Balaban J connectivity index is 1.35. The monoisotopic (exact) mass is 441 g/mol. The average Bonchev–Trinajstić information content (AvgIpc) is 2.85. The minimum atomic E-state index is 0.0433. The van der Waals surface area contributed by atoms with Crippen LogP contribution in [0, 0.1) is 46.3 Å². The lowest BCUT2D eigenvalue weighted by Gasteiger charge is -2.45. The lowest BCUT2D eigenvalue weighted by Crippen LogP contribution is -2.37. The molecule has 184 valence electrons. The fourth-order valence-electron chi connectivity index (χ4n) is 7.90. The molecule has 0 radical (unpaired) electrons. The summed E-state index contributed by atoms with van der Waals surface area (Å²) in [6.07, 6.45) is 31.0. The van der Waals surface area contributed by atoms with Gasteiger partial charge in [-0.15, -0.1) is 0 Å². The number of hydrogen-bond acceptors (Lipinski definition) is 1. The fraction of sp³-hybridized carbons (Fsp3) is 0.968. The summed E-state index contributed by atoms with van der Waals surface area (Å²) >= 11 is 0. The molecule has 3 saturated carbocycles. The van der Waals surface area contributed by atoms with E-state index >= 15 is 0 Å². The van der Waals surface area contributed by atoms with Gasteiger partial charge in [0.25, 0.3) is 0 Å². The summed E-state index contributed by atoms with van der Waals surface area (Å²) < 4.78 is 0. The van der Waals surface area contributed by atoms with Crippen molar-refractivity contribution in [1.82, 2.24) is 0 Å². The smallest absolute Gasteiger partial charge is 0.0692 e. The van der Waals surface area contributed by atoms with Crippen molar-refractivity contribution >= 4 is 0 Å². The third-order valence-electron chi connectivity index (χ3n) is 10.3. The van der Waals surface area contributed by atoms with E-state index in [1.165, 1.54) is 141 Å². The Kier molecular flexibility index (Phi) is 11.4. The predicted octanol–water partition coefficient (Wildman–Crippen LogP) is 10.2. The van der Waals surface area contributed by atoms with Crippen LogP contribution >= 0.6 is 0 Å². The molecule has 1 heteroatoms. The highest BCUT2D eigenvalue weighted by atomic mass is 14.5. The molecule has 0 spiro atoms. The normalized spacial score (nSPS) is 36.0. The Labute approximate surface area is 201 Å². The van der Waals surface area contributed by atoms with Crippen LogP contribution < -0.4 is 0 Å². The van der Waals surface area contributed by atoms with Gasteiger partial charge in [0.2, 0.25) is 0 Å². The molecule has 0 saturated heterocycles. The van der Waals surface area contributed by atoms with Crippen LogP contribution in [-0.4, -0.2) is 0 Å². The van der Waals surface area contributed by atoms with Crippen molar-refractivity contribution in [3.63, 3.8) is 0 Å². The molecule has 0 atom stereocenters. The van der Waals surface area contributed by atoms with Crippen molar-refractivity contribution in [3.05, 3.63) is 0 Å². The zero-order valence-corrected chi connectivity index (χ0v) is 21.9. The predicted molar refractivity (Wildman–Crippen MR) is 138 cm³/mol. The molecule has 0 heterocycles. The van der Waals surface area contributed by atoms with Gasteiger partial charge in [-0.25, -0.2) is 0 Å². The fourth-order valence-corrected chi connectivity index (χ4v) is 7.90. The molecule has 32 heavy (non-hydrogen) atoms. The first kappa shape index (κ1) is 26.1. The summed E-state index contributed by atoms with van der Waals surface area (Å²) in [6, 6.07) is 2.91. The third-order valence-corrected chi connectivity index (χ3v) is 10.3. The minimum absolute atomic E-state index is 0.0433. The van der Waals surface area contributed by atoms with E-state index in [0.29, 0.717) is 5.92 Å². The first-order valence-electron chi connectivity index (χ1n) is 15.1. The van der Waals surface area contributed by atoms with Crippen molar-refractivity contribution in [2.24, 2.45) is 35.0 Å². The zero-order valence-electron chi connectivity index (χ0n) is 21.9. The molecular weight excluding hydrogens is 386 g/mol. The Bertz CT molecular complexity index is 521. The quantitative estimate of drug-likeness (QED) is 0.276. The summed E-state index contributed by atoms with van der Waals surface area (Å²) in [4.78, 5) is 0. The summed E-state index contributed by atoms with van der Waals surface area (Å²) in [5.74, 6) is 4.66. The maximum Gasteiger partial charge on any atom is 0.0692 e. The molecule has 0 amide bonds. The molecule has 0 N–H and O–H groups in total. The van der Waals surface area contributed by atoms with Crippen molar-refractivity contribution in [2.75, 3.05) is 0 Å². The van der Waals surface area contributed by atoms with Crippen LogP contribution in [-0.2, 0) is 0 Å². The largest absolute Gasteiger partial charge is 0.198 e. The van der Waals surface area contributed by atoms with E-state index in [9.17, 15) is 5.26 Å². The SMILES string of the molecule is CCCCCCC[C@H]1CC[C@H]([C@H]2CC[C@H]([C@]3(C#N)CC[C@H](CCCCC)CC3)CC2)CC1. The Morgan fingerprint density at radius 3 is 1.62 bits per heavy atom. The van der Waals surface area contributed by atoms with Gasteiger partial charge < -0.3 is 0 Å². The van der Waals surface area contributed by atoms with Crippen LogP contribution in [0.3, 0.4) is 0 Å². The number of nitriles is 1. The Hall–Kier alpha value is -0.510. The van der Waals surface area contributed by atoms with Crippen LogP contribution in [0.15, 0.2) is 0 Å². The highest BCUT2D eigenvalue weighted by molar-refractivity contribution is 5.06. The van der Waals surface area contributed by atoms with Gasteiger partial charge in [-0.2, -0.15) is 5.26 Å². The first-order valence-corrected chi connectivity index (χ1v) is 15.1. The molecule has 1 nitrogen and oxygen atoms in total. The lowest BCUT2D eigenvalue weighted by molar-refractivity contribution is 0.0646. The summed E-state index contributed by atoms with van der Waals surface area (Å²) in [5, 5.41) is 10.2. The van der Waals surface area contributed by atoms with Crippen LogP contribution in [0.4, 0.5) is 0 Å². The highest BCUT2D eigenvalue weighted by Gasteiger charge is 2.44. The topological polar surface area (TPSA) is 23.8 Å². The molecule has 3 aliphatic rings. The van der Waals surface area contributed by atoms with Gasteiger partial charge in [0.15, 0.2) is 0 Å². The number of nitrogens with zero attached hydrogens (tertiary/aromatic N) is 1. The number of unbranched alkanes of at least 4 members (excludes halogenated alkanes) is 6. The molecule has 0 aromatic rings. The van der Waals surface area contributed by atoms with Crippen LogP contribution in [0.25, 0.3) is 0 Å². The van der Waals surface area contributed by atoms with Crippen molar-refractivity contribution in [3.8, 4) is 6.07 Å². The van der Waals surface area contributed by atoms with E-state index < -0.39 is 0 Å². The van der Waals surface area contributed by atoms with Gasteiger partial charge in [0, 0.05) is 0 Å². The van der Waals surface area contributed by atoms with Gasteiger partial charge in [0.1, 0.15) is 0 Å². The van der Waals surface area contributed by atoms with Crippen molar-refractivity contribution in [2.45, 2.75) is 155 Å². The zero-order chi connectivity index (χ0) is 22.7. The minimum Gasteiger partial charge on any atom is -0.198 e. The second-order valence-electron chi connectivity index (χ2n) is 12.3. The number of rotatable bonds is 12. The van der Waals surface area contributed by atoms with E-state index in [2.05, 4.69) is 19.9 Å². The molecule has 0 aliphatic heterocycles. The second kappa shape index (κ2) is 14.0. The maximum absolute atomic E-state index is 10.2. The first-order chi connectivity index (χ1) is 15.7. The molecule has 3 rings (SSSR count). The number of hydrogen-bond donors (Lipinski definition) is 0. The summed E-state index contributed by atoms with van der Waals surface area (Å²) in [7, 11) is 0. The Morgan fingerprint density at radius 2 is 1.06 bits per heavy atom. The van der Waals surface area contributed by atoms with Gasteiger partial charge in [-0.1, -0.05) is 90.9 Å². The van der Waals surface area contributed by atoms with E-state index in [1.807, 2.05) is 0 Å². The van der Waals surface area contributed by atoms with Crippen molar-refractivity contribution in [1.29, 1.82) is 5.26 Å². The van der Waals surface area contributed by atoms with E-state index in [-0.39, 0.29) is 5.41 Å². The van der Waals surface area contributed by atoms with Crippen LogP contribution in [0.5, 0.6) is 0 Å². The lowest BCUT2D eigenvalue weighted by atomic mass is 9.58. The molecule has 0 aromatic heterocycles. The third kappa shape index (κ3) is 7.50. The molecule has 3 aliphatic carbocycles. The molecule has 0 bridgehead atoms. The van der Waals surface area contributed by atoms with E-state index in [1.54, 1.807) is 0 Å². The van der Waals surface area contributed by atoms with Gasteiger partial charge in [-0.3, -0.25) is 0 Å². The van der Waals surface area contributed by atoms with Crippen LogP contribution in [0.2, 0.25) is 0 Å². The Morgan fingerprint density at radius 1 is 0.594 bits per heavy atom. The molecular formula is C31H55N. The summed E-state index contributed by atoms with van der Waals surface area (Å²) in [5.41, 5.74) is 0.0433. The molecule has 0 aromatic carbocycles. The molecule has 3 fully saturated rings. The second-order valence-corrected chi connectivity index (χ2v) is 12.3. The molecule has 0 unspecified atom stereocenters. The van der Waals surface area contributed by atoms with Gasteiger partial charge in [-0.05, 0) is 93.8 Å². The van der Waals surface area contributed by atoms with Gasteiger partial charge >= 0.3 is 0 Å². The maximum atomic E-state index is 10.2.